The molecule has 130 valence electrons. The number of carbonyl (C=O) groups excluding carboxylic acids is 1. The average Bonchev–Trinajstić information content (AvgIpc) is 3.21. The summed E-state index contributed by atoms with van der Waals surface area (Å²) in [5, 5.41) is 3.54. The molecule has 0 spiro atoms. The number of rotatable bonds is 4. The molecular formula is C21H17ClN2O2. The molecule has 4 aromatic rings. The lowest BCUT2D eigenvalue weighted by Gasteiger charge is -2.11. The first-order chi connectivity index (χ1) is 12.6. The van der Waals surface area contributed by atoms with E-state index in [1.54, 1.807) is 36.6 Å². The second kappa shape index (κ2) is 6.73. The SMILES string of the molecule is Cc1ccc(Cn2c(C(=O)Nc3ccc(Cl)cc3)cc3occc32)cc1. The minimum atomic E-state index is -0.189. The van der Waals surface area contributed by atoms with Crippen molar-refractivity contribution in [2.24, 2.45) is 0 Å². The van der Waals surface area contributed by atoms with Gasteiger partial charge in [0.15, 0.2) is 5.58 Å². The van der Waals surface area contributed by atoms with Crippen molar-refractivity contribution in [1.29, 1.82) is 0 Å². The summed E-state index contributed by atoms with van der Waals surface area (Å²) in [4.78, 5) is 12.8. The molecule has 1 amide bonds. The van der Waals surface area contributed by atoms with E-state index in [0.29, 0.717) is 28.5 Å². The van der Waals surface area contributed by atoms with Crippen LogP contribution in [0.4, 0.5) is 5.69 Å². The van der Waals surface area contributed by atoms with Gasteiger partial charge in [0.2, 0.25) is 0 Å². The summed E-state index contributed by atoms with van der Waals surface area (Å²) in [6.07, 6.45) is 1.64. The molecule has 0 bridgehead atoms. The quantitative estimate of drug-likeness (QED) is 0.520. The minimum Gasteiger partial charge on any atom is -0.463 e. The zero-order valence-corrected chi connectivity index (χ0v) is 15.0. The van der Waals surface area contributed by atoms with Crippen LogP contribution in [0.15, 0.2) is 71.3 Å². The van der Waals surface area contributed by atoms with Crippen LogP contribution in [0.5, 0.6) is 0 Å². The van der Waals surface area contributed by atoms with Gasteiger partial charge in [0, 0.05) is 29.4 Å². The second-order valence-corrected chi connectivity index (χ2v) is 6.67. The molecule has 0 aliphatic heterocycles. The number of anilines is 1. The van der Waals surface area contributed by atoms with Gasteiger partial charge in [-0.05, 0) is 36.8 Å². The molecule has 4 rings (SSSR count). The van der Waals surface area contributed by atoms with E-state index in [2.05, 4.69) is 36.5 Å². The highest BCUT2D eigenvalue weighted by molar-refractivity contribution is 6.30. The van der Waals surface area contributed by atoms with Crippen LogP contribution in [-0.2, 0) is 6.54 Å². The van der Waals surface area contributed by atoms with Gasteiger partial charge >= 0.3 is 0 Å². The monoisotopic (exact) mass is 364 g/mol. The van der Waals surface area contributed by atoms with Crippen LogP contribution in [0.1, 0.15) is 21.6 Å². The molecule has 2 aromatic heterocycles. The van der Waals surface area contributed by atoms with Gasteiger partial charge < -0.3 is 14.3 Å². The smallest absolute Gasteiger partial charge is 0.272 e. The van der Waals surface area contributed by atoms with E-state index in [9.17, 15) is 4.79 Å². The fourth-order valence-corrected chi connectivity index (χ4v) is 3.07. The maximum Gasteiger partial charge on any atom is 0.272 e. The molecule has 2 aromatic carbocycles. The molecule has 0 aliphatic carbocycles. The van der Waals surface area contributed by atoms with Crippen LogP contribution >= 0.6 is 11.6 Å². The number of nitrogens with one attached hydrogen (secondary N) is 1. The Kier molecular flexibility index (Phi) is 4.27. The van der Waals surface area contributed by atoms with Gasteiger partial charge in [-0.2, -0.15) is 0 Å². The maximum atomic E-state index is 12.8. The van der Waals surface area contributed by atoms with E-state index in [0.717, 1.165) is 11.1 Å². The lowest BCUT2D eigenvalue weighted by Crippen LogP contribution is -2.17. The summed E-state index contributed by atoms with van der Waals surface area (Å²) in [5.74, 6) is -0.189. The maximum absolute atomic E-state index is 12.8. The largest absolute Gasteiger partial charge is 0.463 e. The highest BCUT2D eigenvalue weighted by Crippen LogP contribution is 2.24. The molecular weight excluding hydrogens is 348 g/mol. The Bertz CT molecular complexity index is 1060. The number of fused-ring (bicyclic) bond motifs is 1. The third-order valence-electron chi connectivity index (χ3n) is 4.32. The zero-order valence-electron chi connectivity index (χ0n) is 14.2. The summed E-state index contributed by atoms with van der Waals surface area (Å²) in [6.45, 7) is 2.64. The first-order valence-corrected chi connectivity index (χ1v) is 8.67. The van der Waals surface area contributed by atoms with Crippen LogP contribution < -0.4 is 5.32 Å². The Hall–Kier alpha value is -2.98. The summed E-state index contributed by atoms with van der Waals surface area (Å²) in [5.41, 5.74) is 5.16. The van der Waals surface area contributed by atoms with Crippen LogP contribution in [0.2, 0.25) is 5.02 Å². The number of halogens is 1. The van der Waals surface area contributed by atoms with Gasteiger partial charge in [-0.1, -0.05) is 41.4 Å². The molecule has 0 atom stereocenters. The molecule has 4 nitrogen and oxygen atoms in total. The normalized spacial score (nSPS) is 11.0. The van der Waals surface area contributed by atoms with Crippen LogP contribution in [-0.4, -0.2) is 10.5 Å². The first kappa shape index (κ1) is 16.5. The summed E-state index contributed by atoms with van der Waals surface area (Å²) >= 11 is 5.90. The predicted molar refractivity (Wildman–Crippen MR) is 104 cm³/mol. The van der Waals surface area contributed by atoms with E-state index < -0.39 is 0 Å². The fraction of sp³-hybridized carbons (Fsp3) is 0.0952. The number of furan rings is 1. The van der Waals surface area contributed by atoms with Crippen molar-refractivity contribution in [2.45, 2.75) is 13.5 Å². The number of carbonyl (C=O) groups is 1. The average molecular weight is 365 g/mol. The highest BCUT2D eigenvalue weighted by Gasteiger charge is 2.18. The predicted octanol–water partition coefficient (Wildman–Crippen LogP) is 5.50. The molecule has 0 saturated carbocycles. The Morgan fingerprint density at radius 3 is 2.54 bits per heavy atom. The molecule has 2 heterocycles. The molecule has 0 saturated heterocycles. The van der Waals surface area contributed by atoms with Gasteiger partial charge in [-0.15, -0.1) is 0 Å². The van der Waals surface area contributed by atoms with Crippen molar-refractivity contribution in [3.8, 4) is 0 Å². The summed E-state index contributed by atoms with van der Waals surface area (Å²) in [6, 6.07) is 19.0. The molecule has 1 N–H and O–H groups in total. The standard InChI is InChI=1S/C21H17ClN2O2/c1-14-2-4-15(5-3-14)13-24-18-10-11-26-20(18)12-19(24)21(25)23-17-8-6-16(22)7-9-17/h2-12H,13H2,1H3,(H,23,25). The number of hydrogen-bond acceptors (Lipinski definition) is 2. The number of aromatic nitrogens is 1. The van der Waals surface area contributed by atoms with E-state index >= 15 is 0 Å². The number of hydrogen-bond donors (Lipinski definition) is 1. The third kappa shape index (κ3) is 3.24. The Labute approximate surface area is 156 Å². The molecule has 0 aliphatic rings. The highest BCUT2D eigenvalue weighted by atomic mass is 35.5. The summed E-state index contributed by atoms with van der Waals surface area (Å²) < 4.78 is 7.46. The Balaban J connectivity index is 1.67. The van der Waals surface area contributed by atoms with Crippen LogP contribution in [0.3, 0.4) is 0 Å². The minimum absolute atomic E-state index is 0.189. The van der Waals surface area contributed by atoms with Crippen molar-refractivity contribution in [3.05, 3.63) is 88.8 Å². The Morgan fingerprint density at radius 2 is 1.81 bits per heavy atom. The van der Waals surface area contributed by atoms with Crippen molar-refractivity contribution in [3.63, 3.8) is 0 Å². The molecule has 0 fully saturated rings. The van der Waals surface area contributed by atoms with Crippen molar-refractivity contribution in [2.75, 3.05) is 5.32 Å². The van der Waals surface area contributed by atoms with Gasteiger partial charge in [-0.25, -0.2) is 0 Å². The van der Waals surface area contributed by atoms with Gasteiger partial charge in [0.25, 0.3) is 5.91 Å². The van der Waals surface area contributed by atoms with E-state index in [1.807, 2.05) is 10.6 Å². The third-order valence-corrected chi connectivity index (χ3v) is 4.57. The topological polar surface area (TPSA) is 47.2 Å². The van der Waals surface area contributed by atoms with E-state index in [4.69, 9.17) is 16.0 Å². The number of nitrogens with zero attached hydrogens (tertiary/aromatic N) is 1. The number of amides is 1. The van der Waals surface area contributed by atoms with E-state index in [-0.39, 0.29) is 5.91 Å². The lowest BCUT2D eigenvalue weighted by atomic mass is 10.1. The second-order valence-electron chi connectivity index (χ2n) is 6.23. The first-order valence-electron chi connectivity index (χ1n) is 8.29. The van der Waals surface area contributed by atoms with Crippen molar-refractivity contribution >= 4 is 34.3 Å². The zero-order chi connectivity index (χ0) is 18.1. The Morgan fingerprint density at radius 1 is 1.08 bits per heavy atom. The fourth-order valence-electron chi connectivity index (χ4n) is 2.94. The summed E-state index contributed by atoms with van der Waals surface area (Å²) in [7, 11) is 0. The molecule has 5 heteroatoms. The van der Waals surface area contributed by atoms with Crippen molar-refractivity contribution in [1.82, 2.24) is 4.57 Å². The molecule has 0 radical (unpaired) electrons. The number of aryl methyl sites for hydroxylation is 1. The lowest BCUT2D eigenvalue weighted by molar-refractivity contribution is 0.101. The molecule has 26 heavy (non-hydrogen) atoms. The number of benzene rings is 2. The van der Waals surface area contributed by atoms with E-state index in [1.165, 1.54) is 5.56 Å². The molecule has 0 unspecified atom stereocenters. The van der Waals surface area contributed by atoms with Crippen LogP contribution in [0.25, 0.3) is 11.1 Å². The van der Waals surface area contributed by atoms with Crippen molar-refractivity contribution < 1.29 is 9.21 Å². The van der Waals surface area contributed by atoms with Gasteiger partial charge in [-0.3, -0.25) is 4.79 Å². The van der Waals surface area contributed by atoms with Gasteiger partial charge in [0.05, 0.1) is 11.8 Å². The van der Waals surface area contributed by atoms with Gasteiger partial charge in [0.1, 0.15) is 5.69 Å². The van der Waals surface area contributed by atoms with Crippen LogP contribution in [0, 0.1) is 6.92 Å².